The van der Waals surface area contributed by atoms with Gasteiger partial charge in [0.25, 0.3) is 11.8 Å². The summed E-state index contributed by atoms with van der Waals surface area (Å²) < 4.78 is 36.4. The molecule has 1 rings (SSSR count). The zero-order valence-electron chi connectivity index (χ0n) is 17.8. The van der Waals surface area contributed by atoms with E-state index in [1.807, 2.05) is 0 Å². The summed E-state index contributed by atoms with van der Waals surface area (Å²) in [7, 11) is -0.821. The highest BCUT2D eigenvalue weighted by Gasteiger charge is 2.34. The highest BCUT2D eigenvalue weighted by molar-refractivity contribution is 7.89. The quantitative estimate of drug-likeness (QED) is 0.0883. The summed E-state index contributed by atoms with van der Waals surface area (Å²) in [4.78, 5) is 42.5. The first-order valence-corrected chi connectivity index (χ1v) is 11.5. The molecule has 0 saturated carbocycles. The maximum Gasteiger partial charge on any atom is 0.534 e. The number of carbonyl (C=O) groups excluding carboxylic acids is 3. The summed E-state index contributed by atoms with van der Waals surface area (Å²) in [6, 6.07) is 0. The van der Waals surface area contributed by atoms with Crippen LogP contribution in [0.2, 0.25) is 0 Å². The highest BCUT2D eigenvalue weighted by Crippen LogP contribution is 2.16. The molecule has 1 atom stereocenters. The van der Waals surface area contributed by atoms with E-state index in [2.05, 4.69) is 14.9 Å². The molecule has 0 N–H and O–H groups in total. The van der Waals surface area contributed by atoms with Gasteiger partial charge >= 0.3 is 6.16 Å². The van der Waals surface area contributed by atoms with E-state index in [1.165, 1.54) is 14.2 Å². The number of unbranched alkanes of at least 4 members (excludes halogenated alkanes) is 2. The third kappa shape index (κ3) is 9.96. The second-order valence-corrected chi connectivity index (χ2v) is 9.03. The number of nitrogens with zero attached hydrogens (tertiary/aromatic N) is 5. The normalized spacial score (nSPS) is 15.1. The lowest BCUT2D eigenvalue weighted by molar-refractivity contribution is -0.178. The number of amides is 2. The fourth-order valence-corrected chi connectivity index (χ4v) is 4.14. The van der Waals surface area contributed by atoms with Crippen LogP contribution in [0.3, 0.4) is 0 Å². The lowest BCUT2D eigenvalue weighted by Crippen LogP contribution is -2.38. The smallest absolute Gasteiger partial charge is 0.428 e. The summed E-state index contributed by atoms with van der Waals surface area (Å²) in [6.45, 7) is 0.940. The molecule has 0 aromatic carbocycles. The Labute approximate surface area is 181 Å². The van der Waals surface area contributed by atoms with Crippen LogP contribution in [0, 0.1) is 0 Å². The first-order valence-electron chi connectivity index (χ1n) is 9.89. The number of hydroxylamine groups is 2. The van der Waals surface area contributed by atoms with E-state index in [4.69, 9.17) is 15.0 Å². The molecule has 14 heteroatoms. The van der Waals surface area contributed by atoms with Crippen LogP contribution in [0.15, 0.2) is 5.11 Å². The number of sulfonamides is 1. The van der Waals surface area contributed by atoms with Crippen LogP contribution in [-0.2, 0) is 33.9 Å². The molecule has 31 heavy (non-hydrogen) atoms. The molecule has 0 radical (unpaired) electrons. The Morgan fingerprint density at radius 2 is 1.90 bits per heavy atom. The van der Waals surface area contributed by atoms with Gasteiger partial charge in [0.15, 0.2) is 0 Å². The van der Waals surface area contributed by atoms with E-state index in [-0.39, 0.29) is 25.8 Å². The molecule has 0 aliphatic carbocycles. The van der Waals surface area contributed by atoms with Gasteiger partial charge < -0.3 is 9.47 Å². The van der Waals surface area contributed by atoms with Gasteiger partial charge in [0, 0.05) is 51.6 Å². The Hall–Kier alpha value is -2.41. The van der Waals surface area contributed by atoms with Crippen LogP contribution in [0.4, 0.5) is 4.79 Å². The molecule has 1 fully saturated rings. The predicted octanol–water partition coefficient (Wildman–Crippen LogP) is 1.74. The minimum Gasteiger partial charge on any atom is -0.428 e. The molecule has 0 bridgehead atoms. The van der Waals surface area contributed by atoms with E-state index in [9.17, 15) is 22.8 Å². The van der Waals surface area contributed by atoms with Crippen molar-refractivity contribution in [2.75, 3.05) is 39.6 Å². The lowest BCUT2D eigenvalue weighted by atomic mass is 10.1. The van der Waals surface area contributed by atoms with Crippen LogP contribution < -0.4 is 0 Å². The van der Waals surface area contributed by atoms with Gasteiger partial charge in [-0.1, -0.05) is 16.6 Å². The van der Waals surface area contributed by atoms with Crippen molar-refractivity contribution in [3.8, 4) is 0 Å². The van der Waals surface area contributed by atoms with Crippen LogP contribution in [0.1, 0.15) is 44.9 Å². The first-order chi connectivity index (χ1) is 14.7. The molecule has 0 aromatic heterocycles. The minimum atomic E-state index is -3.75. The summed E-state index contributed by atoms with van der Waals surface area (Å²) in [5.74, 6) is -1.81. The van der Waals surface area contributed by atoms with E-state index in [0.29, 0.717) is 43.9 Å². The number of rotatable bonds is 15. The van der Waals surface area contributed by atoms with Crippen molar-refractivity contribution < 1.29 is 37.1 Å². The Bertz CT molecular complexity index is 752. The number of carbonyl (C=O) groups is 3. The van der Waals surface area contributed by atoms with Gasteiger partial charge in [-0.05, 0) is 31.2 Å². The van der Waals surface area contributed by atoms with Gasteiger partial charge in [-0.2, -0.15) is 0 Å². The average Bonchev–Trinajstić information content (AvgIpc) is 3.02. The molecule has 0 aromatic rings. The third-order valence-corrected chi connectivity index (χ3v) is 6.40. The van der Waals surface area contributed by atoms with Gasteiger partial charge in [-0.15, -0.1) is 0 Å². The average molecular weight is 464 g/mol. The number of hydrogen-bond donors (Lipinski definition) is 0. The molecule has 1 saturated heterocycles. The monoisotopic (exact) mass is 463 g/mol. The maximum absolute atomic E-state index is 12.6. The first kappa shape index (κ1) is 26.6. The van der Waals surface area contributed by atoms with E-state index in [1.54, 1.807) is 0 Å². The summed E-state index contributed by atoms with van der Waals surface area (Å²) >= 11 is 0. The molecule has 1 aliphatic rings. The Morgan fingerprint density at radius 3 is 2.52 bits per heavy atom. The van der Waals surface area contributed by atoms with Gasteiger partial charge in [-0.3, -0.25) is 14.4 Å². The highest BCUT2D eigenvalue weighted by atomic mass is 32.2. The van der Waals surface area contributed by atoms with Crippen molar-refractivity contribution in [3.63, 3.8) is 0 Å². The van der Waals surface area contributed by atoms with Crippen LogP contribution in [-0.4, -0.2) is 81.5 Å². The molecular formula is C17H29N5O8S. The SMILES string of the molecule is COCCCN(C)S(=O)(=O)CC(CCCCCN=[N+]=[N-])OC(=O)ON1C(=O)CCC1=O. The van der Waals surface area contributed by atoms with Crippen molar-refractivity contribution in [3.05, 3.63) is 10.4 Å². The van der Waals surface area contributed by atoms with Crippen LogP contribution in [0.25, 0.3) is 10.4 Å². The van der Waals surface area contributed by atoms with E-state index < -0.39 is 39.8 Å². The zero-order chi connectivity index (χ0) is 23.3. The minimum absolute atomic E-state index is 0.0681. The standard InChI is InChI=1S/C17H29N5O8S/c1-21(11-6-12-28-2)31(26,27)13-14(7-4-3-5-10-19-20-18)29-17(25)30-22-15(23)8-9-16(22)24/h14H,3-13H2,1-2H3. The Balaban J connectivity index is 2.70. The molecule has 1 aliphatic heterocycles. The van der Waals surface area contributed by atoms with Crippen molar-refractivity contribution >= 4 is 28.0 Å². The lowest BCUT2D eigenvalue weighted by Gasteiger charge is -2.22. The van der Waals surface area contributed by atoms with E-state index in [0.717, 1.165) is 4.31 Å². The van der Waals surface area contributed by atoms with Crippen LogP contribution in [0.5, 0.6) is 0 Å². The second kappa shape index (κ2) is 13.8. The van der Waals surface area contributed by atoms with E-state index >= 15 is 0 Å². The molecule has 0 spiro atoms. The molecule has 1 heterocycles. The molecule has 1 unspecified atom stereocenters. The molecule has 176 valence electrons. The van der Waals surface area contributed by atoms with Crippen LogP contribution >= 0.6 is 0 Å². The number of azide groups is 1. The summed E-state index contributed by atoms with van der Waals surface area (Å²) in [5.41, 5.74) is 8.28. The third-order valence-electron chi connectivity index (χ3n) is 4.47. The van der Waals surface area contributed by atoms with Gasteiger partial charge in [-0.25, -0.2) is 17.5 Å². The molecular weight excluding hydrogens is 434 g/mol. The zero-order valence-corrected chi connectivity index (χ0v) is 18.6. The number of methoxy groups -OCH3 is 1. The molecule has 2 amide bonds. The summed E-state index contributed by atoms with van der Waals surface area (Å²) in [6.07, 6.45) is -0.0692. The van der Waals surface area contributed by atoms with Gasteiger partial charge in [0.1, 0.15) is 11.9 Å². The number of ether oxygens (including phenoxy) is 2. The van der Waals surface area contributed by atoms with Crippen molar-refractivity contribution in [1.29, 1.82) is 0 Å². The number of hydrogen-bond acceptors (Lipinski definition) is 9. The fraction of sp³-hybridized carbons (Fsp3) is 0.824. The Morgan fingerprint density at radius 1 is 1.23 bits per heavy atom. The van der Waals surface area contributed by atoms with Gasteiger partial charge in [0.2, 0.25) is 10.0 Å². The van der Waals surface area contributed by atoms with Crippen molar-refractivity contribution in [1.82, 2.24) is 9.37 Å². The topological polar surface area (TPSA) is 168 Å². The second-order valence-electron chi connectivity index (χ2n) is 6.91. The molecule has 13 nitrogen and oxygen atoms in total. The number of imide groups is 1. The Kier molecular flexibility index (Phi) is 11.9. The predicted molar refractivity (Wildman–Crippen MR) is 108 cm³/mol. The fourth-order valence-electron chi connectivity index (χ4n) is 2.78. The van der Waals surface area contributed by atoms with Crippen molar-refractivity contribution in [2.45, 2.75) is 51.0 Å². The van der Waals surface area contributed by atoms with Gasteiger partial charge in [0.05, 0.1) is 0 Å². The van der Waals surface area contributed by atoms with Crippen molar-refractivity contribution in [2.24, 2.45) is 5.11 Å². The maximum atomic E-state index is 12.6. The summed E-state index contributed by atoms with van der Waals surface area (Å²) in [5, 5.41) is 3.76. The largest absolute Gasteiger partial charge is 0.534 e.